The molecule has 3 rings (SSSR count). The van der Waals surface area contributed by atoms with Gasteiger partial charge in [-0.05, 0) is 50.5 Å². The van der Waals surface area contributed by atoms with E-state index in [1.165, 1.54) is 5.56 Å². The van der Waals surface area contributed by atoms with Crippen LogP contribution in [0.2, 0.25) is 0 Å². The second-order valence-electron chi connectivity index (χ2n) is 6.68. The molecule has 2 aromatic carbocycles. The summed E-state index contributed by atoms with van der Waals surface area (Å²) in [5, 5.41) is 5.07. The van der Waals surface area contributed by atoms with E-state index in [0.29, 0.717) is 30.4 Å². The molecule has 0 bridgehead atoms. The van der Waals surface area contributed by atoms with Crippen LogP contribution in [0.3, 0.4) is 0 Å². The number of imide groups is 1. The summed E-state index contributed by atoms with van der Waals surface area (Å²) in [6, 6.07) is 12.6. The van der Waals surface area contributed by atoms with Gasteiger partial charge in [-0.3, -0.25) is 10.1 Å². The lowest BCUT2D eigenvalue weighted by Crippen LogP contribution is -2.43. The smallest absolute Gasteiger partial charge is 0.325 e. The zero-order chi connectivity index (χ0) is 20.6. The minimum Gasteiger partial charge on any atom is -0.490 e. The fourth-order valence-electron chi connectivity index (χ4n) is 3.41. The predicted octanol–water partition coefficient (Wildman–Crippen LogP) is 3.58. The van der Waals surface area contributed by atoms with Gasteiger partial charge in [0, 0.05) is 24.0 Å². The third kappa shape index (κ3) is 5.40. The lowest BCUT2D eigenvalue weighted by atomic mass is 10.0. The summed E-state index contributed by atoms with van der Waals surface area (Å²) in [6.07, 6.45) is 2.00. The maximum Gasteiger partial charge on any atom is 0.325 e. The van der Waals surface area contributed by atoms with E-state index in [1.54, 1.807) is 18.2 Å². The van der Waals surface area contributed by atoms with Crippen LogP contribution >= 0.6 is 0 Å². The number of urea groups is 1. The molecule has 0 unspecified atom stereocenters. The molecule has 7 heteroatoms. The fourth-order valence-corrected chi connectivity index (χ4v) is 3.41. The minimum atomic E-state index is -0.577. The number of ether oxygens (including phenoxy) is 2. The number of benzene rings is 2. The van der Waals surface area contributed by atoms with Crippen LogP contribution in [-0.4, -0.2) is 38.2 Å². The number of aryl methyl sites for hydroxylation is 1. The average Bonchev–Trinajstić information content (AvgIpc) is 2.70. The van der Waals surface area contributed by atoms with Gasteiger partial charge >= 0.3 is 6.03 Å². The summed E-state index contributed by atoms with van der Waals surface area (Å²) in [6.45, 7) is 5.69. The number of amides is 3. The van der Waals surface area contributed by atoms with Crippen molar-refractivity contribution in [2.45, 2.75) is 26.7 Å². The Morgan fingerprint density at radius 3 is 2.59 bits per heavy atom. The molecule has 1 aliphatic rings. The number of para-hydroxylation sites is 1. The van der Waals surface area contributed by atoms with Gasteiger partial charge in [0.25, 0.3) is 0 Å². The van der Waals surface area contributed by atoms with Gasteiger partial charge < -0.3 is 19.7 Å². The highest BCUT2D eigenvalue weighted by atomic mass is 16.5. The van der Waals surface area contributed by atoms with Crippen LogP contribution in [0.25, 0.3) is 0 Å². The standard InChI is InChI=1S/C22H27N3O4/c1-3-28-19-12-11-17(14-20(19)29-4-2)23-22(27)24-21(26)15-25-13-7-9-16-8-5-6-10-18(16)25/h5-6,8,10-12,14H,3-4,7,9,13,15H2,1-2H3,(H2,23,24,26,27). The van der Waals surface area contributed by atoms with Crippen molar-refractivity contribution < 1.29 is 19.1 Å². The van der Waals surface area contributed by atoms with Crippen LogP contribution in [0.4, 0.5) is 16.2 Å². The first kappa shape index (κ1) is 20.5. The second kappa shape index (κ2) is 9.82. The molecule has 1 aliphatic heterocycles. The van der Waals surface area contributed by atoms with Gasteiger partial charge in [-0.25, -0.2) is 4.79 Å². The van der Waals surface area contributed by atoms with Crippen molar-refractivity contribution in [1.82, 2.24) is 5.32 Å². The number of anilines is 2. The molecule has 0 saturated carbocycles. The van der Waals surface area contributed by atoms with Crippen molar-refractivity contribution in [3.05, 3.63) is 48.0 Å². The number of hydrogen-bond donors (Lipinski definition) is 2. The van der Waals surface area contributed by atoms with Gasteiger partial charge in [-0.2, -0.15) is 0 Å². The van der Waals surface area contributed by atoms with E-state index in [4.69, 9.17) is 9.47 Å². The quantitative estimate of drug-likeness (QED) is 0.746. The molecule has 0 aliphatic carbocycles. The molecule has 7 nitrogen and oxygen atoms in total. The second-order valence-corrected chi connectivity index (χ2v) is 6.68. The van der Waals surface area contributed by atoms with Gasteiger partial charge in [0.2, 0.25) is 5.91 Å². The van der Waals surface area contributed by atoms with Crippen molar-refractivity contribution in [2.24, 2.45) is 0 Å². The first-order valence-corrected chi connectivity index (χ1v) is 9.94. The van der Waals surface area contributed by atoms with Crippen molar-refractivity contribution in [1.29, 1.82) is 0 Å². The number of rotatable bonds is 7. The summed E-state index contributed by atoms with van der Waals surface area (Å²) >= 11 is 0. The van der Waals surface area contributed by atoms with Gasteiger partial charge in [0.05, 0.1) is 19.8 Å². The van der Waals surface area contributed by atoms with Crippen molar-refractivity contribution >= 4 is 23.3 Å². The average molecular weight is 397 g/mol. The summed E-state index contributed by atoms with van der Waals surface area (Å²) in [4.78, 5) is 26.6. The number of hydrogen-bond acceptors (Lipinski definition) is 5. The maximum atomic E-state index is 12.4. The summed E-state index contributed by atoms with van der Waals surface area (Å²) in [5.74, 6) is 0.804. The lowest BCUT2D eigenvalue weighted by molar-refractivity contribution is -0.118. The molecule has 2 aromatic rings. The highest BCUT2D eigenvalue weighted by Crippen LogP contribution is 2.30. The molecule has 0 atom stereocenters. The first-order valence-electron chi connectivity index (χ1n) is 9.94. The largest absolute Gasteiger partial charge is 0.490 e. The van der Waals surface area contributed by atoms with Crippen molar-refractivity contribution in [3.63, 3.8) is 0 Å². The third-order valence-corrected chi connectivity index (χ3v) is 4.60. The highest BCUT2D eigenvalue weighted by molar-refractivity contribution is 6.02. The van der Waals surface area contributed by atoms with Gasteiger partial charge in [0.1, 0.15) is 0 Å². The van der Waals surface area contributed by atoms with E-state index in [-0.39, 0.29) is 12.5 Å². The molecule has 2 N–H and O–H groups in total. The van der Waals surface area contributed by atoms with Crippen LogP contribution in [0.1, 0.15) is 25.8 Å². The molecule has 0 fully saturated rings. The molecular weight excluding hydrogens is 370 g/mol. The third-order valence-electron chi connectivity index (χ3n) is 4.60. The summed E-state index contributed by atoms with van der Waals surface area (Å²) < 4.78 is 11.1. The molecule has 154 valence electrons. The Bertz CT molecular complexity index is 869. The number of carbonyl (C=O) groups excluding carboxylic acids is 2. The Hall–Kier alpha value is -3.22. The Balaban J connectivity index is 1.58. The zero-order valence-electron chi connectivity index (χ0n) is 16.9. The Labute approximate surface area is 171 Å². The first-order chi connectivity index (χ1) is 14.1. The number of nitrogens with one attached hydrogen (secondary N) is 2. The van der Waals surface area contributed by atoms with Crippen molar-refractivity contribution in [2.75, 3.05) is 36.5 Å². The maximum absolute atomic E-state index is 12.4. The van der Waals surface area contributed by atoms with E-state index in [0.717, 1.165) is 25.1 Å². The van der Waals surface area contributed by atoms with Gasteiger partial charge in [-0.1, -0.05) is 18.2 Å². The van der Waals surface area contributed by atoms with E-state index < -0.39 is 6.03 Å². The summed E-state index contributed by atoms with van der Waals surface area (Å²) in [7, 11) is 0. The Morgan fingerprint density at radius 2 is 1.79 bits per heavy atom. The molecule has 0 aromatic heterocycles. The zero-order valence-corrected chi connectivity index (χ0v) is 16.9. The predicted molar refractivity (Wildman–Crippen MR) is 113 cm³/mol. The highest BCUT2D eigenvalue weighted by Gasteiger charge is 2.19. The molecule has 3 amide bonds. The van der Waals surface area contributed by atoms with Gasteiger partial charge in [0.15, 0.2) is 11.5 Å². The lowest BCUT2D eigenvalue weighted by Gasteiger charge is -2.30. The van der Waals surface area contributed by atoms with Crippen molar-refractivity contribution in [3.8, 4) is 11.5 Å². The van der Waals surface area contributed by atoms with Crippen LogP contribution < -0.4 is 25.0 Å². The topological polar surface area (TPSA) is 79.9 Å². The Morgan fingerprint density at radius 1 is 1.03 bits per heavy atom. The molecule has 0 spiro atoms. The van der Waals surface area contributed by atoms with E-state index >= 15 is 0 Å². The summed E-state index contributed by atoms with van der Waals surface area (Å²) in [5.41, 5.74) is 2.81. The van der Waals surface area contributed by atoms with Crippen LogP contribution in [0.5, 0.6) is 11.5 Å². The Kier molecular flexibility index (Phi) is 6.94. The van der Waals surface area contributed by atoms with Crippen LogP contribution in [0.15, 0.2) is 42.5 Å². The normalized spacial score (nSPS) is 12.7. The van der Waals surface area contributed by atoms with Gasteiger partial charge in [-0.15, -0.1) is 0 Å². The monoisotopic (exact) mass is 397 g/mol. The fraction of sp³-hybridized carbons (Fsp3) is 0.364. The number of carbonyl (C=O) groups is 2. The van der Waals surface area contributed by atoms with Crippen LogP contribution in [-0.2, 0) is 11.2 Å². The SMILES string of the molecule is CCOc1ccc(NC(=O)NC(=O)CN2CCCc3ccccc32)cc1OCC. The molecule has 0 radical (unpaired) electrons. The van der Waals surface area contributed by atoms with E-state index in [1.807, 2.05) is 36.9 Å². The molecule has 1 heterocycles. The van der Waals surface area contributed by atoms with Crippen LogP contribution in [0, 0.1) is 0 Å². The van der Waals surface area contributed by atoms with E-state index in [2.05, 4.69) is 16.7 Å². The minimum absolute atomic E-state index is 0.137. The number of fused-ring (bicyclic) bond motifs is 1. The van der Waals surface area contributed by atoms with E-state index in [9.17, 15) is 9.59 Å². The molecular formula is C22H27N3O4. The number of nitrogens with zero attached hydrogens (tertiary/aromatic N) is 1. The molecule has 29 heavy (non-hydrogen) atoms. The molecule has 0 saturated heterocycles.